The molecule has 1 unspecified atom stereocenters. The number of nitrogens with one attached hydrogen (secondary N) is 1. The summed E-state index contributed by atoms with van der Waals surface area (Å²) in [7, 11) is 5.71. The maximum atomic E-state index is 5.83. The normalized spacial score (nSPS) is 12.9. The van der Waals surface area contributed by atoms with Gasteiger partial charge < -0.3 is 10.1 Å². The molecule has 0 fully saturated rings. The van der Waals surface area contributed by atoms with Crippen LogP contribution in [0.3, 0.4) is 0 Å². The molecule has 1 N–H and O–H groups in total. The third-order valence-electron chi connectivity index (χ3n) is 1.92. The molecule has 18 heavy (non-hydrogen) atoms. The highest BCUT2D eigenvalue weighted by atomic mass is 33.1. The Kier molecular flexibility index (Phi) is 11.2. The molecule has 0 spiro atoms. The zero-order chi connectivity index (χ0) is 13.9. The van der Waals surface area contributed by atoms with E-state index < -0.39 is 0 Å². The van der Waals surface area contributed by atoms with Gasteiger partial charge in [-0.2, -0.15) is 0 Å². The fraction of sp³-hybridized carbons (Fsp3) is 0.857. The van der Waals surface area contributed by atoms with E-state index in [2.05, 4.69) is 44.9 Å². The van der Waals surface area contributed by atoms with Gasteiger partial charge in [0.2, 0.25) is 0 Å². The second kappa shape index (κ2) is 11.0. The van der Waals surface area contributed by atoms with Crippen LogP contribution >= 0.6 is 21.6 Å². The van der Waals surface area contributed by atoms with Crippen LogP contribution in [0.25, 0.3) is 0 Å². The summed E-state index contributed by atoms with van der Waals surface area (Å²) in [6.45, 7) is 10.3. The summed E-state index contributed by atoms with van der Waals surface area (Å²) < 4.78 is 6.10. The van der Waals surface area contributed by atoms with Crippen LogP contribution in [0.4, 0.5) is 0 Å². The summed E-state index contributed by atoms with van der Waals surface area (Å²) in [5, 5.41) is 3.17. The second-order valence-corrected chi connectivity index (χ2v) is 8.17. The van der Waals surface area contributed by atoms with Gasteiger partial charge in [-0.05, 0) is 26.4 Å². The van der Waals surface area contributed by atoms with Crippen LogP contribution in [0.2, 0.25) is 0 Å². The van der Waals surface area contributed by atoms with Crippen molar-refractivity contribution >= 4 is 21.6 Å². The summed E-state index contributed by atoms with van der Waals surface area (Å²) in [6, 6.07) is 0. The highest BCUT2D eigenvalue weighted by molar-refractivity contribution is 8.77. The third kappa shape index (κ3) is 12.6. The molecule has 0 saturated heterocycles. The zero-order valence-electron chi connectivity index (χ0n) is 12.3. The molecule has 0 radical (unpaired) electrons. The van der Waals surface area contributed by atoms with Crippen LogP contribution in [0.5, 0.6) is 0 Å². The van der Waals surface area contributed by atoms with Crippen molar-refractivity contribution in [1.29, 1.82) is 0 Å². The lowest BCUT2D eigenvalue weighted by atomic mass is 10.3. The molecule has 0 rings (SSSR count). The molecular formula is C14H27NOS2. The maximum Gasteiger partial charge on any atom is 0.114 e. The SMILES string of the molecule is CCC#CCOC(CCCNC)SSC(C)(C)C. The topological polar surface area (TPSA) is 21.3 Å². The van der Waals surface area contributed by atoms with Crippen LogP contribution in [-0.4, -0.2) is 30.4 Å². The standard InChI is InChI=1S/C14H27NOS2/c1-6-7-8-12-16-13(10-9-11-15-5)17-18-14(2,3)4/h13,15H,6,9-12H2,1-5H3. The molecule has 0 aliphatic rings. The van der Waals surface area contributed by atoms with Gasteiger partial charge in [-0.25, -0.2) is 0 Å². The second-order valence-electron chi connectivity index (χ2n) is 4.99. The van der Waals surface area contributed by atoms with Crippen LogP contribution < -0.4 is 5.32 Å². The first-order valence-electron chi connectivity index (χ1n) is 6.56. The molecule has 106 valence electrons. The van der Waals surface area contributed by atoms with Crippen LogP contribution in [0, 0.1) is 11.8 Å². The zero-order valence-corrected chi connectivity index (χ0v) is 14.0. The van der Waals surface area contributed by atoms with Gasteiger partial charge in [-0.1, -0.05) is 55.2 Å². The van der Waals surface area contributed by atoms with E-state index in [0.29, 0.717) is 6.61 Å². The van der Waals surface area contributed by atoms with Crippen molar-refractivity contribution in [3.8, 4) is 11.8 Å². The van der Waals surface area contributed by atoms with E-state index in [4.69, 9.17) is 4.74 Å². The Labute approximate surface area is 121 Å². The van der Waals surface area contributed by atoms with Gasteiger partial charge in [0.05, 0.1) is 0 Å². The van der Waals surface area contributed by atoms with Crippen molar-refractivity contribution < 1.29 is 4.74 Å². The number of hydrogen-bond donors (Lipinski definition) is 1. The summed E-state index contributed by atoms with van der Waals surface area (Å²) >= 11 is 0. The molecule has 4 heteroatoms. The average molecular weight is 290 g/mol. The van der Waals surface area contributed by atoms with Crippen molar-refractivity contribution in [2.24, 2.45) is 0 Å². The lowest BCUT2D eigenvalue weighted by Gasteiger charge is -2.21. The minimum atomic E-state index is 0.244. The van der Waals surface area contributed by atoms with E-state index >= 15 is 0 Å². The fourth-order valence-corrected chi connectivity index (χ4v) is 3.54. The molecule has 1 atom stereocenters. The molecule has 0 amide bonds. The molecule has 0 aliphatic carbocycles. The van der Waals surface area contributed by atoms with Gasteiger partial charge in [0.1, 0.15) is 12.0 Å². The van der Waals surface area contributed by atoms with Gasteiger partial charge in [0.15, 0.2) is 0 Å². The fourth-order valence-electron chi connectivity index (χ4n) is 1.11. The highest BCUT2D eigenvalue weighted by Gasteiger charge is 2.16. The molecule has 0 aliphatic heterocycles. The van der Waals surface area contributed by atoms with Crippen LogP contribution in [0.15, 0.2) is 0 Å². The first-order chi connectivity index (χ1) is 8.49. The molecular weight excluding hydrogens is 262 g/mol. The number of hydrogen-bond acceptors (Lipinski definition) is 4. The molecule has 2 nitrogen and oxygen atoms in total. The van der Waals surface area contributed by atoms with Gasteiger partial charge in [0, 0.05) is 11.2 Å². The Morgan fingerprint density at radius 3 is 2.56 bits per heavy atom. The molecule has 0 aromatic rings. The predicted molar refractivity (Wildman–Crippen MR) is 85.9 cm³/mol. The van der Waals surface area contributed by atoms with E-state index in [-0.39, 0.29) is 10.2 Å². The third-order valence-corrected chi connectivity index (χ3v) is 5.53. The smallest absolute Gasteiger partial charge is 0.114 e. The quantitative estimate of drug-likeness (QED) is 0.316. The van der Waals surface area contributed by atoms with Gasteiger partial charge >= 0.3 is 0 Å². The van der Waals surface area contributed by atoms with E-state index in [1.165, 1.54) is 0 Å². The number of rotatable bonds is 8. The Morgan fingerprint density at radius 2 is 2.00 bits per heavy atom. The van der Waals surface area contributed by atoms with Crippen molar-refractivity contribution in [2.75, 3.05) is 20.2 Å². The van der Waals surface area contributed by atoms with Gasteiger partial charge in [-0.15, -0.1) is 5.92 Å². The maximum absolute atomic E-state index is 5.83. The summed E-state index contributed by atoms with van der Waals surface area (Å²) in [4.78, 5) is 0. The number of ether oxygens (including phenoxy) is 1. The molecule has 0 saturated carbocycles. The van der Waals surface area contributed by atoms with E-state index in [9.17, 15) is 0 Å². The molecule has 0 bridgehead atoms. The van der Waals surface area contributed by atoms with Crippen molar-refractivity contribution in [3.05, 3.63) is 0 Å². The molecule has 0 aromatic heterocycles. The van der Waals surface area contributed by atoms with Crippen molar-refractivity contribution in [1.82, 2.24) is 5.32 Å². The summed E-state index contributed by atoms with van der Waals surface area (Å²) in [5.74, 6) is 6.08. The lowest BCUT2D eigenvalue weighted by Crippen LogP contribution is -2.15. The largest absolute Gasteiger partial charge is 0.354 e. The van der Waals surface area contributed by atoms with Crippen molar-refractivity contribution in [2.45, 2.75) is 57.1 Å². The van der Waals surface area contributed by atoms with E-state index in [0.717, 1.165) is 25.8 Å². The van der Waals surface area contributed by atoms with E-state index in [1.807, 2.05) is 28.6 Å². The predicted octanol–water partition coefficient (Wildman–Crippen LogP) is 3.92. The van der Waals surface area contributed by atoms with Crippen LogP contribution in [-0.2, 0) is 4.74 Å². The van der Waals surface area contributed by atoms with E-state index in [1.54, 1.807) is 0 Å². The molecule has 0 aromatic carbocycles. The Bertz CT molecular complexity index is 253. The lowest BCUT2D eigenvalue weighted by molar-refractivity contribution is 0.136. The highest BCUT2D eigenvalue weighted by Crippen LogP contribution is 2.39. The van der Waals surface area contributed by atoms with Crippen molar-refractivity contribution in [3.63, 3.8) is 0 Å². The summed E-state index contributed by atoms with van der Waals surface area (Å²) in [6.07, 6.45) is 3.11. The average Bonchev–Trinajstić information content (AvgIpc) is 2.29. The first kappa shape index (κ1) is 18.2. The van der Waals surface area contributed by atoms with Gasteiger partial charge in [-0.3, -0.25) is 0 Å². The molecule has 0 heterocycles. The minimum Gasteiger partial charge on any atom is -0.354 e. The first-order valence-corrected chi connectivity index (χ1v) is 8.77. The summed E-state index contributed by atoms with van der Waals surface area (Å²) in [5.41, 5.74) is 0.244. The monoisotopic (exact) mass is 289 g/mol. The Hall–Kier alpha value is 0.180. The Balaban J connectivity index is 3.99. The minimum absolute atomic E-state index is 0.244. The van der Waals surface area contributed by atoms with Gasteiger partial charge in [0.25, 0.3) is 0 Å². The Morgan fingerprint density at radius 1 is 1.28 bits per heavy atom. The van der Waals surface area contributed by atoms with Crippen LogP contribution in [0.1, 0.15) is 47.0 Å².